The molecule has 0 aliphatic carbocycles. The quantitative estimate of drug-likeness (QED) is 0.331. The van der Waals surface area contributed by atoms with E-state index < -0.39 is 18.0 Å². The van der Waals surface area contributed by atoms with Gasteiger partial charge >= 0.3 is 18.0 Å². The number of halogens is 1. The van der Waals surface area contributed by atoms with Crippen LogP contribution in [0.3, 0.4) is 0 Å². The van der Waals surface area contributed by atoms with Crippen LogP contribution in [0.5, 0.6) is 0 Å². The second kappa shape index (κ2) is 8.71. The first-order valence-electron chi connectivity index (χ1n) is 5.17. The smallest absolute Gasteiger partial charge is 0.404 e. The Balaban J connectivity index is 0. The van der Waals surface area contributed by atoms with Crippen LogP contribution in [0.4, 0.5) is 4.79 Å². The van der Waals surface area contributed by atoms with Gasteiger partial charge in [-0.3, -0.25) is 9.59 Å². The normalized spacial score (nSPS) is 13.9. The summed E-state index contributed by atoms with van der Waals surface area (Å²) in [7, 11) is 6.05. The van der Waals surface area contributed by atoms with Gasteiger partial charge in [-0.2, -0.15) is 0 Å². The molecule has 1 aliphatic heterocycles. The summed E-state index contributed by atoms with van der Waals surface area (Å²) in [4.78, 5) is 30.1. The number of quaternary nitrogens is 1. The predicted octanol–water partition coefficient (Wildman–Crippen LogP) is -3.36. The van der Waals surface area contributed by atoms with Crippen LogP contribution >= 0.6 is 0 Å². The number of hydrogen-bond acceptors (Lipinski definition) is 5. The van der Waals surface area contributed by atoms with Crippen molar-refractivity contribution in [2.45, 2.75) is 12.8 Å². The van der Waals surface area contributed by atoms with E-state index in [-0.39, 0.29) is 25.2 Å². The van der Waals surface area contributed by atoms with Crippen LogP contribution in [-0.2, 0) is 19.1 Å². The van der Waals surface area contributed by atoms with E-state index in [2.05, 4.69) is 9.47 Å². The summed E-state index contributed by atoms with van der Waals surface area (Å²) in [5.74, 6) is -0.796. The van der Waals surface area contributed by atoms with Crippen LogP contribution in [0.1, 0.15) is 12.8 Å². The molecule has 0 spiro atoms. The zero-order chi connectivity index (χ0) is 13.5. The summed E-state index contributed by atoms with van der Waals surface area (Å²) in [6.07, 6.45) is -0.175. The molecule has 0 bridgehead atoms. The van der Waals surface area contributed by atoms with Gasteiger partial charge in [0.1, 0.15) is 13.2 Å². The van der Waals surface area contributed by atoms with Crippen molar-refractivity contribution in [1.29, 1.82) is 0 Å². The average molecular weight is 283 g/mol. The van der Waals surface area contributed by atoms with E-state index in [4.69, 9.17) is 5.73 Å². The first-order valence-corrected chi connectivity index (χ1v) is 5.17. The third-order valence-electron chi connectivity index (χ3n) is 1.77. The number of amides is 1. The van der Waals surface area contributed by atoms with Gasteiger partial charge in [-0.05, 0) is 0 Å². The summed E-state index contributed by atoms with van der Waals surface area (Å²) in [5, 5.41) is 0. The number of primary amides is 1. The Hall–Kier alpha value is -1.34. The van der Waals surface area contributed by atoms with Crippen molar-refractivity contribution in [2.75, 3.05) is 34.3 Å². The molecule has 2 N–H and O–H groups in total. The Morgan fingerprint density at radius 3 is 1.94 bits per heavy atom. The largest absolute Gasteiger partial charge is 1.00 e. The van der Waals surface area contributed by atoms with E-state index in [1.54, 1.807) is 0 Å². The van der Waals surface area contributed by atoms with Crippen LogP contribution in [0.25, 0.3) is 0 Å². The molecule has 1 rings (SSSR count). The molecule has 1 saturated heterocycles. The third-order valence-corrected chi connectivity index (χ3v) is 1.77. The molecule has 8 heteroatoms. The molecular formula is C10H19ClN2O5. The van der Waals surface area contributed by atoms with Gasteiger partial charge in [0.25, 0.3) is 0 Å². The lowest BCUT2D eigenvalue weighted by atomic mass is 10.4. The average Bonchev–Trinajstić information content (AvgIpc) is 2.47. The number of likely N-dealkylation sites (N-methyl/N-ethyl adjacent to an activating group) is 1. The lowest BCUT2D eigenvalue weighted by molar-refractivity contribution is -0.870. The highest BCUT2D eigenvalue weighted by molar-refractivity contribution is 5.92. The second-order valence-corrected chi connectivity index (χ2v) is 4.53. The van der Waals surface area contributed by atoms with Gasteiger partial charge in [-0.25, -0.2) is 4.79 Å². The van der Waals surface area contributed by atoms with E-state index in [1.807, 2.05) is 21.1 Å². The van der Waals surface area contributed by atoms with Crippen molar-refractivity contribution >= 4 is 18.0 Å². The van der Waals surface area contributed by atoms with Crippen molar-refractivity contribution in [2.24, 2.45) is 5.73 Å². The molecule has 1 amide bonds. The summed E-state index contributed by atoms with van der Waals surface area (Å²) >= 11 is 0. The Morgan fingerprint density at radius 1 is 1.28 bits per heavy atom. The number of cyclic esters (lactones) is 2. The molecule has 18 heavy (non-hydrogen) atoms. The van der Waals surface area contributed by atoms with Crippen LogP contribution in [-0.4, -0.2) is 56.8 Å². The monoisotopic (exact) mass is 282 g/mol. The maximum atomic E-state index is 10.1. The SMILES string of the molecule is C[N+](C)(C)CCOC(N)=O.O=C1CCC(=O)O1.[Cl-]. The number of nitrogens with two attached hydrogens (primary N) is 1. The number of hydrogen-bond donors (Lipinski definition) is 1. The number of carbonyl (C=O) groups excluding carboxylic acids is 3. The highest BCUT2D eigenvalue weighted by atomic mass is 35.5. The summed E-state index contributed by atoms with van der Waals surface area (Å²) in [6.45, 7) is 1.17. The molecule has 0 saturated carbocycles. The van der Waals surface area contributed by atoms with E-state index >= 15 is 0 Å². The van der Waals surface area contributed by atoms with Crippen LogP contribution in [0.15, 0.2) is 0 Å². The van der Waals surface area contributed by atoms with Gasteiger partial charge in [-0.1, -0.05) is 0 Å². The number of ether oxygens (including phenoxy) is 2. The number of esters is 2. The molecule has 1 fully saturated rings. The van der Waals surface area contributed by atoms with Gasteiger partial charge in [0.2, 0.25) is 0 Å². The van der Waals surface area contributed by atoms with Crippen LogP contribution in [0.2, 0.25) is 0 Å². The third kappa shape index (κ3) is 12.7. The van der Waals surface area contributed by atoms with Gasteiger partial charge < -0.3 is 32.1 Å². The highest BCUT2D eigenvalue weighted by Gasteiger charge is 2.19. The fourth-order valence-electron chi connectivity index (χ4n) is 0.853. The predicted molar refractivity (Wildman–Crippen MR) is 58.8 cm³/mol. The molecule has 0 atom stereocenters. The molecule has 0 aromatic carbocycles. The topological polar surface area (TPSA) is 95.7 Å². The Morgan fingerprint density at radius 2 is 1.72 bits per heavy atom. The van der Waals surface area contributed by atoms with E-state index in [1.165, 1.54) is 0 Å². The molecular weight excluding hydrogens is 264 g/mol. The number of carbonyl (C=O) groups is 3. The van der Waals surface area contributed by atoms with Crippen LogP contribution in [0, 0.1) is 0 Å². The van der Waals surface area contributed by atoms with Gasteiger partial charge in [0.05, 0.1) is 34.0 Å². The molecule has 1 heterocycles. The Labute approximate surface area is 112 Å². The molecule has 0 aromatic heterocycles. The molecule has 0 aromatic rings. The van der Waals surface area contributed by atoms with Crippen molar-refractivity contribution in [3.63, 3.8) is 0 Å². The van der Waals surface area contributed by atoms with E-state index in [9.17, 15) is 14.4 Å². The number of rotatable bonds is 3. The lowest BCUT2D eigenvalue weighted by Crippen LogP contribution is -3.00. The molecule has 1 aliphatic rings. The minimum absolute atomic E-state index is 0. The molecule has 106 valence electrons. The van der Waals surface area contributed by atoms with Crippen LogP contribution < -0.4 is 18.1 Å². The van der Waals surface area contributed by atoms with E-state index in [0.29, 0.717) is 6.61 Å². The standard InChI is InChI=1S/C6H14N2O2.C4H4O3.ClH/c1-8(2,3)4-5-10-6(7)9;5-3-1-2-4(6)7-3;/h4-5H2,1-3H3,(H-,7,9);1-2H2;1H. The molecule has 0 unspecified atom stereocenters. The number of nitrogens with zero attached hydrogens (tertiary/aromatic N) is 1. The van der Waals surface area contributed by atoms with E-state index in [0.717, 1.165) is 11.0 Å². The molecule has 0 radical (unpaired) electrons. The van der Waals surface area contributed by atoms with Gasteiger partial charge in [-0.15, -0.1) is 0 Å². The summed E-state index contributed by atoms with van der Waals surface area (Å²) < 4.78 is 9.40. The maximum Gasteiger partial charge on any atom is 0.404 e. The Kier molecular flexibility index (Phi) is 9.20. The van der Waals surface area contributed by atoms with Crippen molar-refractivity contribution in [3.05, 3.63) is 0 Å². The fraction of sp³-hybridized carbons (Fsp3) is 0.700. The van der Waals surface area contributed by atoms with Gasteiger partial charge in [0.15, 0.2) is 0 Å². The zero-order valence-electron chi connectivity index (χ0n) is 10.8. The summed E-state index contributed by atoms with van der Waals surface area (Å²) in [6, 6.07) is 0. The van der Waals surface area contributed by atoms with Crippen molar-refractivity contribution in [3.8, 4) is 0 Å². The Bertz CT molecular complexity index is 287. The van der Waals surface area contributed by atoms with Crippen molar-refractivity contribution < 1.29 is 40.7 Å². The zero-order valence-corrected chi connectivity index (χ0v) is 11.5. The lowest BCUT2D eigenvalue weighted by Gasteiger charge is -2.22. The second-order valence-electron chi connectivity index (χ2n) is 4.53. The minimum Gasteiger partial charge on any atom is -1.00 e. The first-order chi connectivity index (χ1) is 7.70. The fourth-order valence-corrected chi connectivity index (χ4v) is 0.853. The maximum absolute atomic E-state index is 10.1. The van der Waals surface area contributed by atoms with Gasteiger partial charge in [0, 0.05) is 0 Å². The highest BCUT2D eigenvalue weighted by Crippen LogP contribution is 2.03. The first kappa shape index (κ1) is 19.0. The summed E-state index contributed by atoms with van der Waals surface area (Å²) in [5.41, 5.74) is 4.75. The minimum atomic E-state index is -0.701. The van der Waals surface area contributed by atoms with Crippen molar-refractivity contribution in [1.82, 2.24) is 0 Å². The molecule has 7 nitrogen and oxygen atoms in total.